The van der Waals surface area contributed by atoms with Crippen molar-refractivity contribution < 1.29 is 55.1 Å². The van der Waals surface area contributed by atoms with Crippen molar-refractivity contribution in [1.82, 2.24) is 10.2 Å². The van der Waals surface area contributed by atoms with Gasteiger partial charge in [0.05, 0.1) is 39.0 Å². The number of rotatable bonds is 14. The van der Waals surface area contributed by atoms with Gasteiger partial charge in [-0.1, -0.05) is 142 Å². The van der Waals surface area contributed by atoms with Gasteiger partial charge in [-0.15, -0.1) is 0 Å². The van der Waals surface area contributed by atoms with E-state index >= 15 is 26.3 Å². The summed E-state index contributed by atoms with van der Waals surface area (Å²) in [4.78, 5) is 84.1. The predicted molar refractivity (Wildman–Crippen MR) is 314 cm³/mol. The van der Waals surface area contributed by atoms with E-state index in [2.05, 4.69) is 38.3 Å². The fourth-order valence-corrected chi connectivity index (χ4v) is 15.4. The number of anilines is 2. The Bertz CT molecular complexity index is 3780. The van der Waals surface area contributed by atoms with Gasteiger partial charge in [0.2, 0.25) is 17.2 Å². The second-order valence-corrected chi connectivity index (χ2v) is 25.5. The summed E-state index contributed by atoms with van der Waals surface area (Å²) in [5.41, 5.74) is -5.70. The standard InChI is InChI=1S/C69H70F6N4O6/c1-13-65(14-2,77-40(6)81)43-21-17-41(18-22-43)64(12)38-62(9,10)56-36-48(28-32-54(56)64)78-57(82)49-29-25-45(33-51(49)58(78)83)67(68(70,71)72,69(73,74)75)46-26-30-50-52(34-46)60(85)79(59(50)84)66(15-3,16-4)44-23-19-42(20-24-44)63(11)37-61(7,8)55-35-47(76-39(5)80)27-31-53(55)63/h17-36H,13-16,37-38H2,1-12H3,(H,76,80)(H,77,81). The third kappa shape index (κ3) is 8.87. The van der Waals surface area contributed by atoms with Crippen molar-refractivity contribution in [2.75, 3.05) is 10.2 Å². The minimum Gasteiger partial charge on any atom is -0.347 e. The first-order chi connectivity index (χ1) is 39.7. The maximum Gasteiger partial charge on any atom is 0.411 e. The number of amides is 6. The maximum absolute atomic E-state index is 16.1. The van der Waals surface area contributed by atoms with Crippen molar-refractivity contribution >= 4 is 46.8 Å². The van der Waals surface area contributed by atoms with Crippen LogP contribution >= 0.6 is 0 Å². The van der Waals surface area contributed by atoms with Gasteiger partial charge in [-0.25, -0.2) is 4.90 Å². The first-order valence-corrected chi connectivity index (χ1v) is 29.0. The molecule has 85 heavy (non-hydrogen) atoms. The Morgan fingerprint density at radius 1 is 0.471 bits per heavy atom. The average Bonchev–Trinajstić information content (AvgIpc) is 2.28. The molecule has 444 valence electrons. The van der Waals surface area contributed by atoms with Crippen LogP contribution in [-0.2, 0) is 47.7 Å². The molecule has 0 saturated carbocycles. The van der Waals surface area contributed by atoms with Crippen LogP contribution in [0, 0.1) is 0 Å². The quantitative estimate of drug-likeness (QED) is 0.0824. The lowest BCUT2D eigenvalue weighted by molar-refractivity contribution is -0.288. The summed E-state index contributed by atoms with van der Waals surface area (Å²) in [6, 6.07) is 30.1. The van der Waals surface area contributed by atoms with E-state index in [0.29, 0.717) is 61.2 Å². The van der Waals surface area contributed by atoms with Gasteiger partial charge in [0.15, 0.2) is 0 Å². The fourth-order valence-electron chi connectivity index (χ4n) is 15.4. The second kappa shape index (κ2) is 20.1. The number of benzene rings is 6. The minimum absolute atomic E-state index is 0.0813. The molecule has 0 saturated heterocycles. The number of carbonyl (C=O) groups excluding carboxylic acids is 6. The third-order valence-electron chi connectivity index (χ3n) is 19.7. The monoisotopic (exact) mass is 1160 g/mol. The summed E-state index contributed by atoms with van der Waals surface area (Å²) in [7, 11) is 0. The third-order valence-corrected chi connectivity index (χ3v) is 19.7. The Morgan fingerprint density at radius 2 is 0.894 bits per heavy atom. The number of hydrogen-bond acceptors (Lipinski definition) is 6. The number of carbonyl (C=O) groups is 6. The van der Waals surface area contributed by atoms with Gasteiger partial charge >= 0.3 is 12.4 Å². The molecule has 2 unspecified atom stereocenters. The zero-order valence-corrected chi connectivity index (χ0v) is 49.9. The molecular formula is C69H70F6N4O6. The van der Waals surface area contributed by atoms with E-state index < -0.39 is 96.5 Å². The molecule has 2 aliphatic carbocycles. The molecular weight excluding hydrogens is 1090 g/mol. The molecule has 0 fully saturated rings. The highest BCUT2D eigenvalue weighted by Gasteiger charge is 2.73. The van der Waals surface area contributed by atoms with Gasteiger partial charge in [0.1, 0.15) is 0 Å². The maximum atomic E-state index is 16.1. The van der Waals surface area contributed by atoms with E-state index in [0.717, 1.165) is 60.9 Å². The highest BCUT2D eigenvalue weighted by atomic mass is 19.4. The van der Waals surface area contributed by atoms with E-state index in [1.807, 2.05) is 94.4 Å². The van der Waals surface area contributed by atoms with Gasteiger partial charge in [0, 0.05) is 30.4 Å². The highest BCUT2D eigenvalue weighted by molar-refractivity contribution is 6.34. The van der Waals surface area contributed by atoms with Crippen molar-refractivity contribution in [3.63, 3.8) is 0 Å². The largest absolute Gasteiger partial charge is 0.411 e. The normalized spacial score (nSPS) is 19.9. The van der Waals surface area contributed by atoms with Gasteiger partial charge in [-0.05, 0) is 154 Å². The molecule has 4 aliphatic rings. The van der Waals surface area contributed by atoms with Crippen molar-refractivity contribution in [3.8, 4) is 0 Å². The Labute approximate surface area is 491 Å². The van der Waals surface area contributed by atoms with Crippen molar-refractivity contribution in [3.05, 3.63) is 199 Å². The zero-order chi connectivity index (χ0) is 62.2. The Kier molecular flexibility index (Phi) is 14.3. The summed E-state index contributed by atoms with van der Waals surface area (Å²) < 4.78 is 96.3. The van der Waals surface area contributed by atoms with Crippen LogP contribution in [0.5, 0.6) is 0 Å². The van der Waals surface area contributed by atoms with E-state index in [-0.39, 0.29) is 41.3 Å². The fraction of sp³-hybridized carbons (Fsp3) is 0.391. The number of alkyl halides is 6. The molecule has 6 aromatic carbocycles. The van der Waals surface area contributed by atoms with Gasteiger partial charge in [-0.2, -0.15) is 26.3 Å². The summed E-state index contributed by atoms with van der Waals surface area (Å²) in [5, 5.41) is 5.98. The molecule has 0 radical (unpaired) electrons. The first kappa shape index (κ1) is 60.2. The molecule has 10 nitrogen and oxygen atoms in total. The number of nitrogens with zero attached hydrogens (tertiary/aromatic N) is 2. The molecule has 6 aromatic rings. The number of imide groups is 2. The van der Waals surface area contributed by atoms with Crippen LogP contribution in [0.2, 0.25) is 0 Å². The lowest BCUT2D eigenvalue weighted by Gasteiger charge is -2.40. The lowest BCUT2D eigenvalue weighted by Crippen LogP contribution is -2.55. The highest BCUT2D eigenvalue weighted by Crippen LogP contribution is 2.59. The van der Waals surface area contributed by atoms with Crippen LogP contribution in [0.1, 0.15) is 219 Å². The van der Waals surface area contributed by atoms with Crippen molar-refractivity contribution in [1.29, 1.82) is 0 Å². The second-order valence-electron chi connectivity index (χ2n) is 25.5. The molecule has 2 heterocycles. The Morgan fingerprint density at radius 3 is 1.35 bits per heavy atom. The SMILES string of the molecule is CCC(CC)(NC(C)=O)c1ccc(C2(C)CC(C)(C)c3cc(N4C(=O)c5ccc(C(c6ccc7c(c6)C(=O)N(C(CC)(CC)c6ccc(C8(C)CC(C)(C)c9cc(NC(C)=O)ccc98)cc6)C7=O)(C(F)(F)F)C(F)(F)F)cc5C4=O)ccc32)cc1. The van der Waals surface area contributed by atoms with Crippen molar-refractivity contribution in [2.45, 2.75) is 172 Å². The summed E-state index contributed by atoms with van der Waals surface area (Å²) in [5.74, 6) is -4.36. The van der Waals surface area contributed by atoms with E-state index in [9.17, 15) is 28.8 Å². The summed E-state index contributed by atoms with van der Waals surface area (Å²) >= 11 is 0. The van der Waals surface area contributed by atoms with Gasteiger partial charge in [-0.3, -0.25) is 33.7 Å². The van der Waals surface area contributed by atoms with Crippen LogP contribution in [0.4, 0.5) is 37.7 Å². The number of fused-ring (bicyclic) bond motifs is 4. The number of nitrogens with one attached hydrogen (secondary N) is 2. The predicted octanol–water partition coefficient (Wildman–Crippen LogP) is 15.3. The topological polar surface area (TPSA) is 133 Å². The number of hydrogen-bond donors (Lipinski definition) is 2. The molecule has 2 atom stereocenters. The zero-order valence-electron chi connectivity index (χ0n) is 49.9. The van der Waals surface area contributed by atoms with E-state index in [4.69, 9.17) is 0 Å². The van der Waals surface area contributed by atoms with Crippen LogP contribution in [0.3, 0.4) is 0 Å². The molecule has 10 rings (SSSR count). The van der Waals surface area contributed by atoms with Crippen LogP contribution in [0.15, 0.2) is 121 Å². The summed E-state index contributed by atoms with van der Waals surface area (Å²) in [6.45, 7) is 22.9. The molecule has 6 amide bonds. The number of halogens is 6. The van der Waals surface area contributed by atoms with Crippen LogP contribution in [-0.4, -0.2) is 52.7 Å². The van der Waals surface area contributed by atoms with E-state index in [1.54, 1.807) is 32.0 Å². The average molecular weight is 1170 g/mol. The van der Waals surface area contributed by atoms with E-state index in [1.165, 1.54) is 13.8 Å². The minimum atomic E-state index is -6.17. The van der Waals surface area contributed by atoms with Crippen LogP contribution < -0.4 is 15.5 Å². The Balaban J connectivity index is 0.975. The molecule has 2 aliphatic heterocycles. The first-order valence-electron chi connectivity index (χ1n) is 29.0. The molecule has 16 heteroatoms. The smallest absolute Gasteiger partial charge is 0.347 e. The Hall–Kier alpha value is -7.88. The van der Waals surface area contributed by atoms with Gasteiger partial charge < -0.3 is 10.6 Å². The lowest BCUT2D eigenvalue weighted by atomic mass is 9.71. The van der Waals surface area contributed by atoms with Gasteiger partial charge in [0.25, 0.3) is 23.6 Å². The summed E-state index contributed by atoms with van der Waals surface area (Å²) in [6.07, 6.45) is -9.39. The molecule has 0 bridgehead atoms. The molecule has 0 spiro atoms. The van der Waals surface area contributed by atoms with Crippen molar-refractivity contribution in [2.24, 2.45) is 0 Å². The molecule has 2 N–H and O–H groups in total. The van der Waals surface area contributed by atoms with Crippen LogP contribution in [0.25, 0.3) is 0 Å². The molecule has 0 aromatic heterocycles.